The van der Waals surface area contributed by atoms with Crippen LogP contribution in [0.1, 0.15) is 51.9 Å². The van der Waals surface area contributed by atoms with Crippen molar-refractivity contribution in [3.8, 4) is 0 Å². The first-order valence-corrected chi connectivity index (χ1v) is 7.27. The van der Waals surface area contributed by atoms with Gasteiger partial charge in [-0.15, -0.1) is 0 Å². The van der Waals surface area contributed by atoms with Crippen LogP contribution in [0.2, 0.25) is 0 Å². The number of nitrogens with two attached hydrogens (primary N) is 1. The van der Waals surface area contributed by atoms with E-state index in [1.54, 1.807) is 0 Å². The molecule has 2 aliphatic rings. The summed E-state index contributed by atoms with van der Waals surface area (Å²) in [7, 11) is 0. The van der Waals surface area contributed by atoms with Gasteiger partial charge in [0.2, 0.25) is 0 Å². The molecule has 0 radical (unpaired) electrons. The second-order valence-electron chi connectivity index (χ2n) is 5.90. The summed E-state index contributed by atoms with van der Waals surface area (Å²) in [6.45, 7) is 6.00. The Morgan fingerprint density at radius 3 is 2.69 bits per heavy atom. The van der Waals surface area contributed by atoms with E-state index in [4.69, 9.17) is 5.73 Å². The number of nitrogens with zero attached hydrogens (tertiary/aromatic N) is 1. The van der Waals surface area contributed by atoms with Crippen LogP contribution >= 0.6 is 0 Å². The van der Waals surface area contributed by atoms with Crippen LogP contribution in [0.5, 0.6) is 0 Å². The first-order chi connectivity index (χ1) is 7.79. The van der Waals surface area contributed by atoms with E-state index in [9.17, 15) is 0 Å². The summed E-state index contributed by atoms with van der Waals surface area (Å²) in [5.74, 6) is 2.05. The number of fused-ring (bicyclic) bond motifs is 1. The fraction of sp³-hybridized carbons (Fsp3) is 1.00. The van der Waals surface area contributed by atoms with Gasteiger partial charge in [0.1, 0.15) is 0 Å². The van der Waals surface area contributed by atoms with Crippen molar-refractivity contribution < 1.29 is 0 Å². The van der Waals surface area contributed by atoms with Crippen LogP contribution in [-0.2, 0) is 0 Å². The van der Waals surface area contributed by atoms with Crippen LogP contribution in [0.15, 0.2) is 0 Å². The van der Waals surface area contributed by atoms with Crippen LogP contribution in [0.3, 0.4) is 0 Å². The lowest BCUT2D eigenvalue weighted by Crippen LogP contribution is -2.46. The second-order valence-corrected chi connectivity index (χ2v) is 5.90. The minimum Gasteiger partial charge on any atom is -0.327 e. The van der Waals surface area contributed by atoms with Crippen LogP contribution in [0.25, 0.3) is 0 Å². The molecule has 2 heteroatoms. The van der Waals surface area contributed by atoms with Gasteiger partial charge >= 0.3 is 0 Å². The molecule has 0 aromatic carbocycles. The Morgan fingerprint density at radius 2 is 1.94 bits per heavy atom. The van der Waals surface area contributed by atoms with Gasteiger partial charge in [0, 0.05) is 19.1 Å². The van der Waals surface area contributed by atoms with Crippen LogP contribution < -0.4 is 5.73 Å². The zero-order chi connectivity index (χ0) is 11.4. The van der Waals surface area contributed by atoms with E-state index in [1.165, 1.54) is 58.0 Å². The van der Waals surface area contributed by atoms with E-state index in [2.05, 4.69) is 11.8 Å². The molecule has 94 valence electrons. The molecule has 2 fully saturated rings. The van der Waals surface area contributed by atoms with E-state index < -0.39 is 0 Å². The van der Waals surface area contributed by atoms with E-state index in [-0.39, 0.29) is 0 Å². The lowest BCUT2D eigenvalue weighted by atomic mass is 9.75. The molecular formula is C14H28N2. The summed E-state index contributed by atoms with van der Waals surface area (Å²) in [6, 6.07) is 0.408. The van der Waals surface area contributed by atoms with Crippen molar-refractivity contribution in [2.45, 2.75) is 57.9 Å². The number of hydrogen-bond donors (Lipinski definition) is 1. The van der Waals surface area contributed by atoms with Gasteiger partial charge in [-0.1, -0.05) is 32.6 Å². The highest BCUT2D eigenvalue weighted by atomic mass is 15.1. The maximum atomic E-state index is 6.14. The zero-order valence-electron chi connectivity index (χ0n) is 10.8. The Balaban J connectivity index is 1.76. The maximum absolute atomic E-state index is 6.14. The average Bonchev–Trinajstić information content (AvgIpc) is 2.29. The van der Waals surface area contributed by atoms with Gasteiger partial charge in [0.15, 0.2) is 0 Å². The SMILES string of the molecule is CCC[C@H](N)CN1CC[C@@H]2CCCC[C@@H]2C1. The Hall–Kier alpha value is -0.0800. The second kappa shape index (κ2) is 6.02. The molecule has 1 aliphatic carbocycles. The largest absolute Gasteiger partial charge is 0.327 e. The minimum absolute atomic E-state index is 0.408. The Bertz CT molecular complexity index is 205. The van der Waals surface area contributed by atoms with Crippen molar-refractivity contribution in [1.29, 1.82) is 0 Å². The van der Waals surface area contributed by atoms with Gasteiger partial charge in [-0.3, -0.25) is 0 Å². The molecule has 16 heavy (non-hydrogen) atoms. The first-order valence-electron chi connectivity index (χ1n) is 7.27. The Labute approximate surface area is 101 Å². The summed E-state index contributed by atoms with van der Waals surface area (Å²) >= 11 is 0. The Morgan fingerprint density at radius 1 is 1.19 bits per heavy atom. The highest BCUT2D eigenvalue weighted by molar-refractivity contribution is 4.84. The van der Waals surface area contributed by atoms with Crippen molar-refractivity contribution in [3.63, 3.8) is 0 Å². The molecule has 2 rings (SSSR count). The molecule has 3 atom stereocenters. The molecule has 1 heterocycles. The molecule has 1 aliphatic heterocycles. The van der Waals surface area contributed by atoms with Crippen LogP contribution in [-0.4, -0.2) is 30.6 Å². The van der Waals surface area contributed by atoms with Gasteiger partial charge in [0.25, 0.3) is 0 Å². The zero-order valence-corrected chi connectivity index (χ0v) is 10.8. The van der Waals surface area contributed by atoms with Crippen molar-refractivity contribution in [1.82, 2.24) is 4.90 Å². The number of piperidine rings is 1. The number of hydrogen-bond acceptors (Lipinski definition) is 2. The average molecular weight is 224 g/mol. The van der Waals surface area contributed by atoms with Crippen molar-refractivity contribution >= 4 is 0 Å². The molecule has 0 amide bonds. The molecule has 0 unspecified atom stereocenters. The normalized spacial score (nSPS) is 33.4. The first kappa shape index (κ1) is 12.4. The molecule has 0 aromatic heterocycles. The predicted molar refractivity (Wildman–Crippen MR) is 69.4 cm³/mol. The third-order valence-corrected chi connectivity index (χ3v) is 4.53. The van der Waals surface area contributed by atoms with E-state index in [0.29, 0.717) is 6.04 Å². The predicted octanol–water partition coefficient (Wildman–Crippen LogP) is 2.63. The van der Waals surface area contributed by atoms with Crippen molar-refractivity contribution in [3.05, 3.63) is 0 Å². The molecule has 0 spiro atoms. The molecule has 1 saturated carbocycles. The van der Waals surface area contributed by atoms with E-state index in [1.807, 2.05) is 0 Å². The summed E-state index contributed by atoms with van der Waals surface area (Å²) in [5, 5.41) is 0. The smallest absolute Gasteiger partial charge is 0.0167 e. The van der Waals surface area contributed by atoms with E-state index in [0.717, 1.165) is 18.4 Å². The summed E-state index contributed by atoms with van der Waals surface area (Å²) in [5.41, 5.74) is 6.14. The van der Waals surface area contributed by atoms with Gasteiger partial charge in [-0.25, -0.2) is 0 Å². The third kappa shape index (κ3) is 3.21. The minimum atomic E-state index is 0.408. The molecular weight excluding hydrogens is 196 g/mol. The quantitative estimate of drug-likeness (QED) is 0.795. The topological polar surface area (TPSA) is 29.3 Å². The fourth-order valence-corrected chi connectivity index (χ4v) is 3.64. The van der Waals surface area contributed by atoms with E-state index >= 15 is 0 Å². The lowest BCUT2D eigenvalue weighted by Gasteiger charge is -2.42. The fourth-order valence-electron chi connectivity index (χ4n) is 3.64. The highest BCUT2D eigenvalue weighted by Gasteiger charge is 2.31. The maximum Gasteiger partial charge on any atom is 0.0167 e. The van der Waals surface area contributed by atoms with Crippen LogP contribution in [0, 0.1) is 11.8 Å². The van der Waals surface area contributed by atoms with Gasteiger partial charge in [0.05, 0.1) is 0 Å². The summed E-state index contributed by atoms with van der Waals surface area (Å²) in [4.78, 5) is 2.63. The standard InChI is InChI=1S/C14H28N2/c1-2-5-14(15)11-16-9-8-12-6-3-4-7-13(12)10-16/h12-14H,2-11,15H2,1H3/t12-,13+,14-/m0/s1. The van der Waals surface area contributed by atoms with Crippen molar-refractivity contribution in [2.75, 3.05) is 19.6 Å². The van der Waals surface area contributed by atoms with Gasteiger partial charge in [-0.2, -0.15) is 0 Å². The van der Waals surface area contributed by atoms with Gasteiger partial charge in [-0.05, 0) is 37.6 Å². The molecule has 2 nitrogen and oxygen atoms in total. The molecule has 0 aromatic rings. The molecule has 2 N–H and O–H groups in total. The molecule has 0 bridgehead atoms. The van der Waals surface area contributed by atoms with Crippen molar-refractivity contribution in [2.24, 2.45) is 17.6 Å². The lowest BCUT2D eigenvalue weighted by molar-refractivity contribution is 0.0821. The number of rotatable bonds is 4. The highest BCUT2D eigenvalue weighted by Crippen LogP contribution is 2.35. The monoisotopic (exact) mass is 224 g/mol. The Kier molecular flexibility index (Phi) is 4.66. The summed E-state index contributed by atoms with van der Waals surface area (Å²) in [6.07, 6.45) is 9.77. The third-order valence-electron chi connectivity index (χ3n) is 4.53. The molecule has 1 saturated heterocycles. The summed E-state index contributed by atoms with van der Waals surface area (Å²) < 4.78 is 0. The van der Waals surface area contributed by atoms with Gasteiger partial charge < -0.3 is 10.6 Å². The number of likely N-dealkylation sites (tertiary alicyclic amines) is 1. The van der Waals surface area contributed by atoms with Crippen LogP contribution in [0.4, 0.5) is 0 Å².